The van der Waals surface area contributed by atoms with E-state index < -0.39 is 0 Å². The van der Waals surface area contributed by atoms with Gasteiger partial charge in [0.2, 0.25) is 6.04 Å². The molecule has 4 heteroatoms. The van der Waals surface area contributed by atoms with Crippen molar-refractivity contribution in [1.29, 1.82) is 0 Å². The Kier molecular flexibility index (Phi) is 5.27. The molecule has 23 heavy (non-hydrogen) atoms. The molecule has 0 bridgehead atoms. The van der Waals surface area contributed by atoms with Crippen LogP contribution in [0, 0.1) is 6.92 Å². The summed E-state index contributed by atoms with van der Waals surface area (Å²) >= 11 is 0. The van der Waals surface area contributed by atoms with Crippen LogP contribution in [0.2, 0.25) is 0 Å². The molecule has 4 nitrogen and oxygen atoms in total. The molecule has 0 aliphatic carbocycles. The Labute approximate surface area is 137 Å². The summed E-state index contributed by atoms with van der Waals surface area (Å²) in [6, 6.07) is 10.7. The quantitative estimate of drug-likeness (QED) is 0.681. The maximum absolute atomic E-state index is 12.5. The number of aryl methyl sites for hydroxylation is 2. The SMILES string of the molecule is CCc1ccc(C)[n+]([C@@H](C)C(=O)Nc2ccc(C(C)=O)cc2)c1. The molecule has 0 fully saturated rings. The first-order chi connectivity index (χ1) is 10.9. The van der Waals surface area contributed by atoms with Crippen LogP contribution < -0.4 is 9.88 Å². The second kappa shape index (κ2) is 7.18. The molecular formula is C19H23N2O2+. The molecule has 1 N–H and O–H groups in total. The van der Waals surface area contributed by atoms with Gasteiger partial charge in [-0.25, -0.2) is 0 Å². The highest BCUT2D eigenvalue weighted by Crippen LogP contribution is 2.12. The van der Waals surface area contributed by atoms with E-state index in [4.69, 9.17) is 0 Å². The van der Waals surface area contributed by atoms with Crippen molar-refractivity contribution < 1.29 is 14.2 Å². The molecule has 1 heterocycles. The van der Waals surface area contributed by atoms with Crippen molar-refractivity contribution >= 4 is 17.4 Å². The molecule has 0 unspecified atom stereocenters. The maximum Gasteiger partial charge on any atom is 0.293 e. The maximum atomic E-state index is 12.5. The minimum Gasteiger partial charge on any atom is -0.320 e. The molecule has 0 spiro atoms. The van der Waals surface area contributed by atoms with E-state index in [0.717, 1.165) is 12.1 Å². The number of anilines is 1. The Bertz CT molecular complexity index is 721. The van der Waals surface area contributed by atoms with Gasteiger partial charge in [0.05, 0.1) is 0 Å². The number of carbonyl (C=O) groups is 2. The minimum atomic E-state index is -0.311. The number of Topliss-reactive ketones (excluding diaryl/α,β-unsaturated/α-hetero) is 1. The van der Waals surface area contributed by atoms with Crippen molar-refractivity contribution in [3.8, 4) is 0 Å². The van der Waals surface area contributed by atoms with Gasteiger partial charge in [0.1, 0.15) is 0 Å². The number of ketones is 1. The zero-order valence-electron chi connectivity index (χ0n) is 14.1. The summed E-state index contributed by atoms with van der Waals surface area (Å²) in [6.07, 6.45) is 2.96. The minimum absolute atomic E-state index is 0.0128. The van der Waals surface area contributed by atoms with E-state index in [1.54, 1.807) is 24.3 Å². The lowest BCUT2D eigenvalue weighted by Crippen LogP contribution is -2.47. The number of amides is 1. The summed E-state index contributed by atoms with van der Waals surface area (Å²) < 4.78 is 1.98. The van der Waals surface area contributed by atoms with Gasteiger partial charge in [0.25, 0.3) is 5.91 Å². The van der Waals surface area contributed by atoms with Crippen LogP contribution >= 0.6 is 0 Å². The number of hydrogen-bond donors (Lipinski definition) is 1. The summed E-state index contributed by atoms with van der Waals surface area (Å²) in [5, 5.41) is 2.90. The largest absolute Gasteiger partial charge is 0.320 e. The molecule has 0 saturated heterocycles. The molecule has 0 radical (unpaired) electrons. The van der Waals surface area contributed by atoms with Crippen molar-refractivity contribution in [3.63, 3.8) is 0 Å². The molecule has 0 saturated carbocycles. The monoisotopic (exact) mass is 311 g/mol. The van der Waals surface area contributed by atoms with Crippen LogP contribution in [0.25, 0.3) is 0 Å². The van der Waals surface area contributed by atoms with Crippen molar-refractivity contribution in [2.24, 2.45) is 0 Å². The summed E-state index contributed by atoms with van der Waals surface area (Å²) in [4.78, 5) is 23.8. The second-order valence-corrected chi connectivity index (χ2v) is 5.74. The van der Waals surface area contributed by atoms with Gasteiger partial charge >= 0.3 is 0 Å². The normalized spacial score (nSPS) is 11.8. The number of rotatable bonds is 5. The van der Waals surface area contributed by atoms with Gasteiger partial charge in [-0.15, -0.1) is 0 Å². The fourth-order valence-electron chi connectivity index (χ4n) is 2.42. The first-order valence-corrected chi connectivity index (χ1v) is 7.85. The zero-order valence-corrected chi connectivity index (χ0v) is 14.1. The van der Waals surface area contributed by atoms with E-state index in [-0.39, 0.29) is 17.7 Å². The van der Waals surface area contributed by atoms with Crippen LogP contribution in [0.15, 0.2) is 42.6 Å². The third-order valence-corrected chi connectivity index (χ3v) is 4.01. The number of nitrogens with one attached hydrogen (secondary N) is 1. The Morgan fingerprint density at radius 2 is 1.78 bits per heavy atom. The Morgan fingerprint density at radius 3 is 2.35 bits per heavy atom. The predicted molar refractivity (Wildman–Crippen MR) is 90.5 cm³/mol. The molecule has 0 aliphatic heterocycles. The van der Waals surface area contributed by atoms with Crippen LogP contribution in [-0.4, -0.2) is 11.7 Å². The standard InChI is InChI=1S/C19H22N2O2/c1-5-16-7-6-13(2)21(12-16)14(3)19(23)20-18-10-8-17(9-11-18)15(4)22/h6-12,14H,5H2,1-4H3/p+1/t14-/m0/s1. The molecule has 1 amide bonds. The molecule has 0 aliphatic rings. The first kappa shape index (κ1) is 16.9. The summed E-state index contributed by atoms with van der Waals surface area (Å²) in [6.45, 7) is 7.49. The number of pyridine rings is 1. The number of carbonyl (C=O) groups excluding carboxylic acids is 2. The van der Waals surface area contributed by atoms with Crippen molar-refractivity contribution in [2.45, 2.75) is 40.2 Å². The van der Waals surface area contributed by atoms with Gasteiger partial charge in [0.15, 0.2) is 17.7 Å². The lowest BCUT2D eigenvalue weighted by atomic mass is 10.1. The predicted octanol–water partition coefficient (Wildman–Crippen LogP) is 3.25. The van der Waals surface area contributed by atoms with Crippen LogP contribution in [0.1, 0.15) is 48.4 Å². The van der Waals surface area contributed by atoms with E-state index in [1.807, 2.05) is 30.7 Å². The average molecular weight is 311 g/mol. The van der Waals surface area contributed by atoms with E-state index >= 15 is 0 Å². The smallest absolute Gasteiger partial charge is 0.293 e. The molecule has 120 valence electrons. The lowest BCUT2D eigenvalue weighted by molar-refractivity contribution is -0.711. The van der Waals surface area contributed by atoms with E-state index in [1.165, 1.54) is 12.5 Å². The first-order valence-electron chi connectivity index (χ1n) is 7.85. The molecule has 2 rings (SSSR count). The highest BCUT2D eigenvalue weighted by molar-refractivity contribution is 5.96. The van der Waals surface area contributed by atoms with E-state index in [2.05, 4.69) is 18.3 Å². The van der Waals surface area contributed by atoms with Gasteiger partial charge in [0, 0.05) is 36.7 Å². The topological polar surface area (TPSA) is 50.0 Å². The van der Waals surface area contributed by atoms with Gasteiger partial charge < -0.3 is 5.32 Å². The molecular weight excluding hydrogens is 288 g/mol. The van der Waals surface area contributed by atoms with Crippen molar-refractivity contribution in [3.05, 3.63) is 59.4 Å². The van der Waals surface area contributed by atoms with Crippen LogP contribution in [0.4, 0.5) is 5.69 Å². The zero-order chi connectivity index (χ0) is 17.0. The highest BCUT2D eigenvalue weighted by atomic mass is 16.2. The molecule has 2 aromatic rings. The summed E-state index contributed by atoms with van der Waals surface area (Å²) in [5.74, 6) is -0.0688. The summed E-state index contributed by atoms with van der Waals surface area (Å²) in [7, 11) is 0. The molecule has 1 aromatic carbocycles. The fourth-order valence-corrected chi connectivity index (χ4v) is 2.42. The number of nitrogens with zero attached hydrogens (tertiary/aromatic N) is 1. The second-order valence-electron chi connectivity index (χ2n) is 5.74. The Balaban J connectivity index is 2.15. The third kappa shape index (κ3) is 4.03. The molecule has 1 atom stereocenters. The molecule has 1 aromatic heterocycles. The van der Waals surface area contributed by atoms with Crippen molar-refractivity contribution in [1.82, 2.24) is 0 Å². The third-order valence-electron chi connectivity index (χ3n) is 4.01. The van der Waals surface area contributed by atoms with E-state index in [9.17, 15) is 9.59 Å². The average Bonchev–Trinajstić information content (AvgIpc) is 2.55. The van der Waals surface area contributed by atoms with Gasteiger partial charge in [-0.05, 0) is 43.7 Å². The van der Waals surface area contributed by atoms with Crippen LogP contribution in [0.3, 0.4) is 0 Å². The number of hydrogen-bond acceptors (Lipinski definition) is 2. The van der Waals surface area contributed by atoms with E-state index in [0.29, 0.717) is 11.3 Å². The van der Waals surface area contributed by atoms with Gasteiger partial charge in [-0.3, -0.25) is 9.59 Å². The van der Waals surface area contributed by atoms with Crippen LogP contribution in [0.5, 0.6) is 0 Å². The Hall–Kier alpha value is -2.49. The van der Waals surface area contributed by atoms with Gasteiger partial charge in [-0.2, -0.15) is 4.57 Å². The summed E-state index contributed by atoms with van der Waals surface area (Å²) in [5.41, 5.74) is 3.56. The number of benzene rings is 1. The fraction of sp³-hybridized carbons (Fsp3) is 0.316. The number of aromatic nitrogens is 1. The van der Waals surface area contributed by atoms with Crippen LogP contribution in [-0.2, 0) is 11.2 Å². The van der Waals surface area contributed by atoms with Crippen molar-refractivity contribution in [2.75, 3.05) is 5.32 Å². The highest BCUT2D eigenvalue weighted by Gasteiger charge is 2.24. The Morgan fingerprint density at radius 1 is 1.13 bits per heavy atom. The lowest BCUT2D eigenvalue weighted by Gasteiger charge is -2.11. The van der Waals surface area contributed by atoms with Gasteiger partial charge in [-0.1, -0.05) is 6.92 Å².